The fourth-order valence-corrected chi connectivity index (χ4v) is 4.47. The minimum atomic E-state index is -0.518. The first kappa shape index (κ1) is 20.0. The number of nitrogens with zero attached hydrogens (tertiary/aromatic N) is 1. The number of hydrogen-bond acceptors (Lipinski definition) is 6. The van der Waals surface area contributed by atoms with E-state index in [0.29, 0.717) is 28.5 Å². The number of nitrogens with one attached hydrogen (secondary N) is 3. The summed E-state index contributed by atoms with van der Waals surface area (Å²) in [5.41, 5.74) is 10.9. The first-order valence-electron chi connectivity index (χ1n) is 10.3. The second-order valence-electron chi connectivity index (χ2n) is 7.44. The first-order chi connectivity index (χ1) is 15.6. The van der Waals surface area contributed by atoms with Gasteiger partial charge in [0, 0.05) is 22.7 Å². The first-order valence-corrected chi connectivity index (χ1v) is 10.7. The summed E-state index contributed by atoms with van der Waals surface area (Å²) >= 11 is 5.28. The van der Waals surface area contributed by atoms with Crippen LogP contribution in [-0.2, 0) is 9.53 Å². The highest BCUT2D eigenvalue weighted by atomic mass is 32.1. The van der Waals surface area contributed by atoms with Crippen molar-refractivity contribution in [3.05, 3.63) is 87.8 Å². The van der Waals surface area contributed by atoms with Crippen molar-refractivity contribution < 1.29 is 9.53 Å². The average molecular weight is 444 g/mol. The van der Waals surface area contributed by atoms with Gasteiger partial charge in [-0.1, -0.05) is 48.5 Å². The van der Waals surface area contributed by atoms with Crippen LogP contribution in [0.3, 0.4) is 0 Å². The van der Waals surface area contributed by atoms with E-state index in [9.17, 15) is 4.79 Å². The lowest BCUT2D eigenvalue weighted by molar-refractivity contribution is -0.138. The van der Waals surface area contributed by atoms with E-state index in [2.05, 4.69) is 20.3 Å². The predicted molar refractivity (Wildman–Crippen MR) is 128 cm³/mol. The number of carbonyl (C=O) groups excluding carboxylic acids is 1. The van der Waals surface area contributed by atoms with Crippen molar-refractivity contribution in [2.24, 2.45) is 0 Å². The van der Waals surface area contributed by atoms with E-state index in [-0.39, 0.29) is 11.4 Å². The number of aromatic nitrogens is 3. The summed E-state index contributed by atoms with van der Waals surface area (Å²) in [5.74, 6) is -0.0530. The van der Waals surface area contributed by atoms with E-state index in [1.165, 1.54) is 0 Å². The lowest BCUT2D eigenvalue weighted by Gasteiger charge is -2.31. The van der Waals surface area contributed by atoms with Crippen LogP contribution < -0.4 is 11.1 Å². The zero-order valence-electron chi connectivity index (χ0n) is 17.3. The molecule has 0 saturated heterocycles. The number of aromatic amines is 2. The number of nitrogens with two attached hydrogens (primary N) is 1. The Morgan fingerprint density at radius 2 is 1.91 bits per heavy atom. The van der Waals surface area contributed by atoms with Gasteiger partial charge < -0.3 is 25.8 Å². The Kier molecular flexibility index (Phi) is 4.99. The van der Waals surface area contributed by atoms with Crippen LogP contribution in [0.1, 0.15) is 29.5 Å². The van der Waals surface area contributed by atoms with Gasteiger partial charge in [-0.25, -0.2) is 9.78 Å². The molecule has 1 atom stereocenters. The van der Waals surface area contributed by atoms with Gasteiger partial charge in [-0.05, 0) is 36.3 Å². The highest BCUT2D eigenvalue weighted by Gasteiger charge is 2.38. The molecule has 2 aromatic carbocycles. The van der Waals surface area contributed by atoms with E-state index in [1.54, 1.807) is 6.92 Å². The summed E-state index contributed by atoms with van der Waals surface area (Å²) in [4.78, 5) is 24.1. The number of rotatable bonds is 4. The molecule has 32 heavy (non-hydrogen) atoms. The number of anilines is 2. The smallest absolute Gasteiger partial charge is 0.337 e. The van der Waals surface area contributed by atoms with Crippen LogP contribution in [0.15, 0.2) is 66.4 Å². The maximum Gasteiger partial charge on any atom is 0.337 e. The minimum absolute atomic E-state index is 0.253. The molecule has 5 rings (SSSR count). The Morgan fingerprint density at radius 3 is 2.69 bits per heavy atom. The van der Waals surface area contributed by atoms with Gasteiger partial charge in [0.15, 0.2) is 4.77 Å². The van der Waals surface area contributed by atoms with Crippen LogP contribution in [0.2, 0.25) is 0 Å². The highest BCUT2D eigenvalue weighted by molar-refractivity contribution is 7.71. The molecular formula is C24H21N5O2S. The van der Waals surface area contributed by atoms with Crippen molar-refractivity contribution in [1.82, 2.24) is 15.0 Å². The van der Waals surface area contributed by atoms with Gasteiger partial charge in [0.2, 0.25) is 0 Å². The number of esters is 1. The molecule has 1 aliphatic rings. The van der Waals surface area contributed by atoms with Crippen molar-refractivity contribution in [3.8, 4) is 0 Å². The minimum Gasteiger partial charge on any atom is -0.463 e. The standard InChI is InChI=1S/C24H21N5O2S/c1-2-31-23(30)18-17(15-12-26-16-11-7-6-10-14(15)16)19-21(25)28-24(32)29-22(19)27-20(18)13-8-4-3-5-9-13/h3-12,17,26H,2H2,1H3,(H4,25,27,28,29,32). The number of benzene rings is 2. The molecule has 160 valence electrons. The SMILES string of the molecule is CCOC(=O)C1=C(c2ccccc2)Nc2nc(=S)[nH]c(N)c2C1c1c[nH]c2ccccc12. The number of hydrogen-bond donors (Lipinski definition) is 4. The number of para-hydroxylation sites is 1. The maximum absolute atomic E-state index is 13.4. The number of nitrogen functional groups attached to an aromatic ring is 1. The molecule has 0 aliphatic carbocycles. The van der Waals surface area contributed by atoms with Crippen LogP contribution in [0, 0.1) is 4.77 Å². The fourth-order valence-electron chi connectivity index (χ4n) is 4.27. The van der Waals surface area contributed by atoms with Gasteiger partial charge in [-0.2, -0.15) is 0 Å². The van der Waals surface area contributed by atoms with Crippen LogP contribution in [0.5, 0.6) is 0 Å². The van der Waals surface area contributed by atoms with Gasteiger partial charge in [-0.15, -0.1) is 0 Å². The predicted octanol–water partition coefficient (Wildman–Crippen LogP) is 4.73. The zero-order chi connectivity index (χ0) is 22.2. The molecule has 2 aromatic heterocycles. The van der Waals surface area contributed by atoms with E-state index < -0.39 is 11.9 Å². The normalized spacial score (nSPS) is 15.3. The molecule has 4 aromatic rings. The van der Waals surface area contributed by atoms with Gasteiger partial charge in [-0.3, -0.25) is 0 Å². The summed E-state index contributed by atoms with van der Waals surface area (Å²) in [6.07, 6.45) is 1.91. The molecular weight excluding hydrogens is 422 g/mol. The summed E-state index contributed by atoms with van der Waals surface area (Å²) in [6.45, 7) is 2.04. The van der Waals surface area contributed by atoms with E-state index in [1.807, 2.05) is 60.8 Å². The van der Waals surface area contributed by atoms with Gasteiger partial charge in [0.1, 0.15) is 11.6 Å². The second kappa shape index (κ2) is 7.97. The van der Waals surface area contributed by atoms with Crippen LogP contribution in [0.25, 0.3) is 16.6 Å². The van der Waals surface area contributed by atoms with Crippen molar-refractivity contribution >= 4 is 46.4 Å². The molecule has 0 saturated carbocycles. The second-order valence-corrected chi connectivity index (χ2v) is 7.83. The molecule has 5 N–H and O–H groups in total. The molecule has 8 heteroatoms. The molecule has 1 unspecified atom stereocenters. The molecule has 7 nitrogen and oxygen atoms in total. The van der Waals surface area contributed by atoms with Gasteiger partial charge in [0.25, 0.3) is 0 Å². The number of carbonyl (C=O) groups is 1. The van der Waals surface area contributed by atoms with E-state index in [0.717, 1.165) is 22.0 Å². The lowest BCUT2D eigenvalue weighted by atomic mass is 9.80. The zero-order valence-corrected chi connectivity index (χ0v) is 18.1. The monoisotopic (exact) mass is 443 g/mol. The van der Waals surface area contributed by atoms with Crippen LogP contribution in [-0.4, -0.2) is 27.5 Å². The third-order valence-electron chi connectivity index (χ3n) is 5.58. The summed E-state index contributed by atoms with van der Waals surface area (Å²) in [6, 6.07) is 17.6. The van der Waals surface area contributed by atoms with Crippen molar-refractivity contribution in [2.45, 2.75) is 12.8 Å². The molecule has 3 heterocycles. The average Bonchev–Trinajstić information content (AvgIpc) is 3.22. The molecule has 1 aliphatic heterocycles. The van der Waals surface area contributed by atoms with Gasteiger partial charge >= 0.3 is 5.97 Å². The third-order valence-corrected chi connectivity index (χ3v) is 5.77. The van der Waals surface area contributed by atoms with Crippen molar-refractivity contribution in [2.75, 3.05) is 17.7 Å². The summed E-state index contributed by atoms with van der Waals surface area (Å²) in [7, 11) is 0. The summed E-state index contributed by atoms with van der Waals surface area (Å²) < 4.78 is 5.78. The quantitative estimate of drug-likeness (QED) is 0.268. The molecule has 0 spiro atoms. The van der Waals surface area contributed by atoms with Gasteiger partial charge in [0.05, 0.1) is 23.8 Å². The fraction of sp³-hybridized carbons (Fsp3) is 0.125. The Balaban J connectivity index is 1.87. The molecule has 0 radical (unpaired) electrons. The van der Waals surface area contributed by atoms with Crippen LogP contribution in [0.4, 0.5) is 11.6 Å². The van der Waals surface area contributed by atoms with E-state index >= 15 is 0 Å². The third kappa shape index (κ3) is 3.25. The number of ether oxygens (including phenoxy) is 1. The van der Waals surface area contributed by atoms with Crippen LogP contribution >= 0.6 is 12.2 Å². The lowest BCUT2D eigenvalue weighted by Crippen LogP contribution is -2.26. The topological polar surface area (TPSA) is 109 Å². The number of fused-ring (bicyclic) bond motifs is 2. The largest absolute Gasteiger partial charge is 0.463 e. The summed E-state index contributed by atoms with van der Waals surface area (Å²) in [5, 5.41) is 4.30. The van der Waals surface area contributed by atoms with Crippen molar-refractivity contribution in [3.63, 3.8) is 0 Å². The molecule has 0 bridgehead atoms. The van der Waals surface area contributed by atoms with Crippen molar-refractivity contribution in [1.29, 1.82) is 0 Å². The Morgan fingerprint density at radius 1 is 1.16 bits per heavy atom. The number of H-pyrrole nitrogens is 2. The highest BCUT2D eigenvalue weighted by Crippen LogP contribution is 2.47. The Labute approximate surface area is 189 Å². The Bertz CT molecular complexity index is 1420. The van der Waals surface area contributed by atoms with E-state index in [4.69, 9.17) is 22.7 Å². The molecule has 0 amide bonds. The maximum atomic E-state index is 13.4. The Hall–Kier alpha value is -3.91. The molecule has 0 fully saturated rings.